The standard InChI is InChI=1S/C21H27F2N3O3/c22-20(23)29-18-9-7-15(8-10-18)19(27)14-25-21(26-16-4-1-2-5-16)24-12-11-17-6-3-13-28-17/h3,6-10,13,16,19-20,27H,1-2,4-5,11-12,14H2,(H2,24,25,26). The Morgan fingerprint density at radius 1 is 1.21 bits per heavy atom. The summed E-state index contributed by atoms with van der Waals surface area (Å²) in [6.07, 6.45) is 6.14. The van der Waals surface area contributed by atoms with Crippen molar-refractivity contribution in [3.63, 3.8) is 0 Å². The van der Waals surface area contributed by atoms with Crippen LogP contribution in [-0.4, -0.2) is 36.8 Å². The zero-order chi connectivity index (χ0) is 20.5. The van der Waals surface area contributed by atoms with E-state index in [1.165, 1.54) is 25.0 Å². The van der Waals surface area contributed by atoms with Crippen molar-refractivity contribution >= 4 is 5.96 Å². The third-order valence-corrected chi connectivity index (χ3v) is 4.85. The van der Waals surface area contributed by atoms with E-state index in [2.05, 4.69) is 20.4 Å². The highest BCUT2D eigenvalue weighted by Crippen LogP contribution is 2.20. The molecule has 8 heteroatoms. The predicted octanol–water partition coefficient (Wildman–Crippen LogP) is 3.63. The summed E-state index contributed by atoms with van der Waals surface area (Å²) in [6, 6.07) is 10.1. The SMILES string of the molecule is OC(CN=C(NCCc1ccco1)NC1CCCC1)c1ccc(OC(F)F)cc1. The number of hydrogen-bond donors (Lipinski definition) is 3. The average Bonchev–Trinajstić information content (AvgIpc) is 3.40. The molecule has 3 N–H and O–H groups in total. The van der Waals surface area contributed by atoms with Gasteiger partial charge in [0.25, 0.3) is 0 Å². The van der Waals surface area contributed by atoms with Gasteiger partial charge in [-0.15, -0.1) is 0 Å². The lowest BCUT2D eigenvalue weighted by Crippen LogP contribution is -2.43. The van der Waals surface area contributed by atoms with Gasteiger partial charge in [0.1, 0.15) is 11.5 Å². The maximum Gasteiger partial charge on any atom is 0.387 e. The Kier molecular flexibility index (Phi) is 7.86. The van der Waals surface area contributed by atoms with Crippen LogP contribution in [0.25, 0.3) is 0 Å². The first-order chi connectivity index (χ1) is 14.1. The Morgan fingerprint density at radius 3 is 2.62 bits per heavy atom. The summed E-state index contributed by atoms with van der Waals surface area (Å²) in [6.45, 7) is -2.06. The van der Waals surface area contributed by atoms with Gasteiger partial charge in [-0.2, -0.15) is 8.78 Å². The van der Waals surface area contributed by atoms with Crippen molar-refractivity contribution in [2.24, 2.45) is 4.99 Å². The normalized spacial score (nSPS) is 16.2. The van der Waals surface area contributed by atoms with Gasteiger partial charge in [-0.05, 0) is 42.7 Å². The van der Waals surface area contributed by atoms with Crippen molar-refractivity contribution in [2.45, 2.75) is 50.9 Å². The number of guanidine groups is 1. The minimum Gasteiger partial charge on any atom is -0.469 e. The molecule has 1 fully saturated rings. The molecule has 0 bridgehead atoms. The summed E-state index contributed by atoms with van der Waals surface area (Å²) in [5.74, 6) is 1.60. The summed E-state index contributed by atoms with van der Waals surface area (Å²) in [5, 5.41) is 17.1. The summed E-state index contributed by atoms with van der Waals surface area (Å²) < 4.78 is 34.1. The average molecular weight is 407 g/mol. The molecule has 1 aliphatic rings. The molecule has 2 aromatic rings. The lowest BCUT2D eigenvalue weighted by molar-refractivity contribution is -0.0498. The number of rotatable bonds is 9. The van der Waals surface area contributed by atoms with Gasteiger partial charge in [0.05, 0.1) is 18.9 Å². The Balaban J connectivity index is 1.56. The highest BCUT2D eigenvalue weighted by atomic mass is 19.3. The third kappa shape index (κ3) is 7.05. The van der Waals surface area contributed by atoms with Crippen molar-refractivity contribution in [1.29, 1.82) is 0 Å². The second kappa shape index (κ2) is 10.8. The summed E-state index contributed by atoms with van der Waals surface area (Å²) in [7, 11) is 0. The minimum absolute atomic E-state index is 0.0580. The zero-order valence-corrected chi connectivity index (χ0v) is 16.2. The van der Waals surface area contributed by atoms with Gasteiger partial charge in [0.2, 0.25) is 0 Å². The Morgan fingerprint density at radius 2 is 1.97 bits per heavy atom. The van der Waals surface area contributed by atoms with Gasteiger partial charge in [0.15, 0.2) is 5.96 Å². The molecule has 3 rings (SSSR count). The molecule has 0 aliphatic heterocycles. The van der Waals surface area contributed by atoms with Crippen LogP contribution in [-0.2, 0) is 6.42 Å². The molecule has 158 valence electrons. The Bertz CT molecular complexity index is 745. The quantitative estimate of drug-likeness (QED) is 0.437. The van der Waals surface area contributed by atoms with Crippen LogP contribution in [0.15, 0.2) is 52.1 Å². The molecule has 1 heterocycles. The molecule has 1 saturated carbocycles. The van der Waals surface area contributed by atoms with E-state index in [9.17, 15) is 13.9 Å². The summed E-state index contributed by atoms with van der Waals surface area (Å²) in [4.78, 5) is 4.52. The number of halogens is 2. The lowest BCUT2D eigenvalue weighted by Gasteiger charge is -2.18. The second-order valence-corrected chi connectivity index (χ2v) is 7.03. The van der Waals surface area contributed by atoms with Gasteiger partial charge >= 0.3 is 6.61 Å². The molecule has 0 spiro atoms. The van der Waals surface area contributed by atoms with E-state index in [0.29, 0.717) is 24.1 Å². The first-order valence-corrected chi connectivity index (χ1v) is 9.90. The fourth-order valence-electron chi connectivity index (χ4n) is 3.33. The molecule has 1 aromatic heterocycles. The number of ether oxygens (including phenoxy) is 1. The van der Waals surface area contributed by atoms with Crippen LogP contribution in [0.2, 0.25) is 0 Å². The first kappa shape index (κ1) is 21.1. The number of aliphatic hydroxyl groups is 1. The molecule has 1 aromatic carbocycles. The van der Waals surface area contributed by atoms with E-state index in [4.69, 9.17) is 4.42 Å². The van der Waals surface area contributed by atoms with Crippen molar-refractivity contribution in [3.05, 3.63) is 54.0 Å². The molecule has 6 nitrogen and oxygen atoms in total. The number of aliphatic imine (C=N–C) groups is 1. The number of nitrogens with one attached hydrogen (secondary N) is 2. The summed E-state index contributed by atoms with van der Waals surface area (Å²) in [5.41, 5.74) is 0.589. The van der Waals surface area contributed by atoms with Crippen LogP contribution in [0.5, 0.6) is 5.75 Å². The smallest absolute Gasteiger partial charge is 0.387 e. The van der Waals surface area contributed by atoms with E-state index < -0.39 is 12.7 Å². The zero-order valence-electron chi connectivity index (χ0n) is 16.2. The van der Waals surface area contributed by atoms with Gasteiger partial charge in [-0.3, -0.25) is 4.99 Å². The van der Waals surface area contributed by atoms with E-state index in [-0.39, 0.29) is 12.3 Å². The fourth-order valence-corrected chi connectivity index (χ4v) is 3.33. The molecular weight excluding hydrogens is 380 g/mol. The number of alkyl halides is 2. The molecule has 1 atom stereocenters. The van der Waals surface area contributed by atoms with Crippen molar-refractivity contribution in [2.75, 3.05) is 13.1 Å². The minimum atomic E-state index is -2.87. The molecule has 1 aliphatic carbocycles. The van der Waals surface area contributed by atoms with Crippen molar-refractivity contribution in [3.8, 4) is 5.75 Å². The molecule has 0 amide bonds. The number of furan rings is 1. The van der Waals surface area contributed by atoms with E-state index in [0.717, 1.165) is 25.0 Å². The van der Waals surface area contributed by atoms with Crippen LogP contribution in [0.1, 0.15) is 43.1 Å². The Labute approximate surface area is 169 Å². The van der Waals surface area contributed by atoms with Gasteiger partial charge in [-0.1, -0.05) is 25.0 Å². The number of benzene rings is 1. The third-order valence-electron chi connectivity index (χ3n) is 4.85. The molecule has 0 radical (unpaired) electrons. The Hall–Kier alpha value is -2.61. The molecule has 29 heavy (non-hydrogen) atoms. The van der Waals surface area contributed by atoms with Crippen LogP contribution < -0.4 is 15.4 Å². The van der Waals surface area contributed by atoms with Gasteiger partial charge < -0.3 is 24.9 Å². The highest BCUT2D eigenvalue weighted by molar-refractivity contribution is 5.80. The van der Waals surface area contributed by atoms with Gasteiger partial charge in [0, 0.05) is 19.0 Å². The summed E-state index contributed by atoms with van der Waals surface area (Å²) >= 11 is 0. The number of nitrogens with zero attached hydrogens (tertiary/aromatic N) is 1. The lowest BCUT2D eigenvalue weighted by atomic mass is 10.1. The van der Waals surface area contributed by atoms with Crippen molar-refractivity contribution in [1.82, 2.24) is 10.6 Å². The van der Waals surface area contributed by atoms with Crippen LogP contribution in [0, 0.1) is 0 Å². The van der Waals surface area contributed by atoms with E-state index in [1.807, 2.05) is 12.1 Å². The van der Waals surface area contributed by atoms with Crippen LogP contribution in [0.4, 0.5) is 8.78 Å². The predicted molar refractivity (Wildman–Crippen MR) is 106 cm³/mol. The maximum atomic E-state index is 12.2. The van der Waals surface area contributed by atoms with Gasteiger partial charge in [-0.25, -0.2) is 0 Å². The topological polar surface area (TPSA) is 79.0 Å². The number of aliphatic hydroxyl groups excluding tert-OH is 1. The largest absolute Gasteiger partial charge is 0.469 e. The maximum absolute atomic E-state index is 12.2. The number of hydrogen-bond acceptors (Lipinski definition) is 4. The second-order valence-electron chi connectivity index (χ2n) is 7.03. The highest BCUT2D eigenvalue weighted by Gasteiger charge is 2.17. The molecular formula is C21H27F2N3O3. The van der Waals surface area contributed by atoms with Crippen LogP contribution in [0.3, 0.4) is 0 Å². The van der Waals surface area contributed by atoms with E-state index >= 15 is 0 Å². The van der Waals surface area contributed by atoms with Crippen molar-refractivity contribution < 1.29 is 23.0 Å². The van der Waals surface area contributed by atoms with E-state index in [1.54, 1.807) is 18.4 Å². The van der Waals surface area contributed by atoms with Crippen LogP contribution >= 0.6 is 0 Å². The molecule has 1 unspecified atom stereocenters. The monoisotopic (exact) mass is 407 g/mol. The first-order valence-electron chi connectivity index (χ1n) is 9.90. The fraction of sp³-hybridized carbons (Fsp3) is 0.476. The molecule has 0 saturated heterocycles.